The van der Waals surface area contributed by atoms with Gasteiger partial charge in [-0.3, -0.25) is 0 Å². The van der Waals surface area contributed by atoms with Gasteiger partial charge in [0, 0.05) is 11.3 Å². The number of rotatable bonds is 7. The van der Waals surface area contributed by atoms with E-state index >= 15 is 0 Å². The third-order valence-electron chi connectivity index (χ3n) is 4.11. The maximum absolute atomic E-state index is 5.87. The highest BCUT2D eigenvalue weighted by Crippen LogP contribution is 2.25. The molecule has 2 aromatic carbocycles. The average Bonchev–Trinajstić information content (AvgIpc) is 2.54. The first-order chi connectivity index (χ1) is 11.4. The molecule has 2 rings (SSSR count). The van der Waals surface area contributed by atoms with Crippen LogP contribution in [0.3, 0.4) is 0 Å². The van der Waals surface area contributed by atoms with Crippen LogP contribution in [0, 0.1) is 6.92 Å². The molecule has 0 fully saturated rings. The Morgan fingerprint density at radius 3 is 2.12 bits per heavy atom. The fourth-order valence-electron chi connectivity index (χ4n) is 2.42. The molecule has 24 heavy (non-hydrogen) atoms. The van der Waals surface area contributed by atoms with E-state index in [1.54, 1.807) is 0 Å². The molecule has 3 heteroatoms. The van der Waals surface area contributed by atoms with Gasteiger partial charge in [-0.2, -0.15) is 0 Å². The molecule has 0 saturated heterocycles. The molecule has 0 saturated carbocycles. The zero-order chi connectivity index (χ0) is 17.6. The van der Waals surface area contributed by atoms with Gasteiger partial charge >= 0.3 is 0 Å². The Balaban J connectivity index is 1.67. The second-order valence-electron chi connectivity index (χ2n) is 7.15. The van der Waals surface area contributed by atoms with Gasteiger partial charge in [0.1, 0.15) is 11.5 Å². The van der Waals surface area contributed by atoms with Gasteiger partial charge < -0.3 is 15.2 Å². The summed E-state index contributed by atoms with van der Waals surface area (Å²) < 4.78 is 11.6. The maximum atomic E-state index is 5.87. The zero-order valence-electron chi connectivity index (χ0n) is 15.3. The fraction of sp³-hybridized carbons (Fsp3) is 0.429. The topological polar surface area (TPSA) is 44.5 Å². The highest BCUT2D eigenvalue weighted by Gasteiger charge is 2.12. The average molecular weight is 327 g/mol. The smallest absolute Gasteiger partial charge is 0.124 e. The second kappa shape index (κ2) is 8.09. The highest BCUT2D eigenvalue weighted by molar-refractivity contribution is 5.53. The van der Waals surface area contributed by atoms with E-state index in [4.69, 9.17) is 15.2 Å². The molecule has 0 aliphatic rings. The molecular weight excluding hydrogens is 298 g/mol. The van der Waals surface area contributed by atoms with Crippen molar-refractivity contribution in [3.8, 4) is 11.5 Å². The first kappa shape index (κ1) is 18.2. The Morgan fingerprint density at radius 2 is 1.50 bits per heavy atom. The number of nitrogen functional groups attached to an aromatic ring is 1. The molecule has 130 valence electrons. The van der Waals surface area contributed by atoms with E-state index in [9.17, 15) is 0 Å². The molecule has 2 aromatic rings. The number of anilines is 1. The molecule has 0 spiro atoms. The van der Waals surface area contributed by atoms with Crippen molar-refractivity contribution in [1.29, 1.82) is 0 Å². The number of benzene rings is 2. The van der Waals surface area contributed by atoms with Gasteiger partial charge in [0.25, 0.3) is 0 Å². The van der Waals surface area contributed by atoms with Crippen LogP contribution in [0.25, 0.3) is 0 Å². The Kier molecular flexibility index (Phi) is 6.13. The molecule has 0 atom stereocenters. The van der Waals surface area contributed by atoms with Crippen molar-refractivity contribution in [1.82, 2.24) is 0 Å². The molecule has 3 nitrogen and oxygen atoms in total. The minimum atomic E-state index is 0.175. The quantitative estimate of drug-likeness (QED) is 0.567. The van der Waals surface area contributed by atoms with E-state index in [1.165, 1.54) is 5.56 Å². The monoisotopic (exact) mass is 327 g/mol. The van der Waals surface area contributed by atoms with Crippen molar-refractivity contribution in [3.63, 3.8) is 0 Å². The molecule has 0 aliphatic heterocycles. The second-order valence-corrected chi connectivity index (χ2v) is 7.15. The van der Waals surface area contributed by atoms with Gasteiger partial charge in [0.2, 0.25) is 0 Å². The minimum absolute atomic E-state index is 0.175. The number of nitrogens with two attached hydrogens (primary N) is 1. The van der Waals surface area contributed by atoms with Crippen LogP contribution >= 0.6 is 0 Å². The van der Waals surface area contributed by atoms with Crippen molar-refractivity contribution in [3.05, 3.63) is 53.6 Å². The summed E-state index contributed by atoms with van der Waals surface area (Å²) >= 11 is 0. The lowest BCUT2D eigenvalue weighted by atomic mass is 9.87. The van der Waals surface area contributed by atoms with Crippen molar-refractivity contribution in [2.24, 2.45) is 0 Å². The Morgan fingerprint density at radius 1 is 0.875 bits per heavy atom. The first-order valence-corrected chi connectivity index (χ1v) is 8.59. The summed E-state index contributed by atoms with van der Waals surface area (Å²) in [5.41, 5.74) is 9.15. The number of unbranched alkanes of at least 4 members (excludes halogenated alkanes) is 1. The molecule has 0 heterocycles. The predicted octanol–water partition coefficient (Wildman–Crippen LogP) is 5.11. The molecule has 0 radical (unpaired) electrons. The lowest BCUT2D eigenvalue weighted by Crippen LogP contribution is -2.10. The summed E-state index contributed by atoms with van der Waals surface area (Å²) in [6, 6.07) is 14.1. The number of hydrogen-bond acceptors (Lipinski definition) is 3. The molecule has 0 aliphatic carbocycles. The van der Waals surface area contributed by atoms with Crippen LogP contribution in [0.15, 0.2) is 42.5 Å². The lowest BCUT2D eigenvalue weighted by Gasteiger charge is -2.19. The molecule has 2 N–H and O–H groups in total. The van der Waals surface area contributed by atoms with Gasteiger partial charge in [-0.1, -0.05) is 39.0 Å². The predicted molar refractivity (Wildman–Crippen MR) is 101 cm³/mol. The number of ether oxygens (including phenoxy) is 2. The molecule has 0 aromatic heterocycles. The highest BCUT2D eigenvalue weighted by atomic mass is 16.5. The third-order valence-corrected chi connectivity index (χ3v) is 4.11. The summed E-state index contributed by atoms with van der Waals surface area (Å²) in [6.45, 7) is 10.0. The van der Waals surface area contributed by atoms with E-state index in [-0.39, 0.29) is 5.41 Å². The van der Waals surface area contributed by atoms with Crippen LogP contribution < -0.4 is 15.2 Å². The SMILES string of the molecule is Cc1c(N)cccc1OCCCCOc1ccc(C(C)(C)C)cc1. The summed E-state index contributed by atoms with van der Waals surface area (Å²) in [6.07, 6.45) is 1.91. The van der Waals surface area contributed by atoms with E-state index in [1.807, 2.05) is 37.3 Å². The van der Waals surface area contributed by atoms with Crippen molar-refractivity contribution >= 4 is 5.69 Å². The van der Waals surface area contributed by atoms with E-state index in [0.29, 0.717) is 13.2 Å². The lowest BCUT2D eigenvalue weighted by molar-refractivity contribution is 0.265. The normalized spacial score (nSPS) is 11.3. The van der Waals surface area contributed by atoms with Crippen molar-refractivity contribution in [2.45, 2.75) is 46.0 Å². The van der Waals surface area contributed by atoms with Gasteiger partial charge in [0.05, 0.1) is 13.2 Å². The van der Waals surface area contributed by atoms with Crippen LogP contribution in [-0.4, -0.2) is 13.2 Å². The Hall–Kier alpha value is -2.16. The summed E-state index contributed by atoms with van der Waals surface area (Å²) in [4.78, 5) is 0. The van der Waals surface area contributed by atoms with E-state index < -0.39 is 0 Å². The van der Waals surface area contributed by atoms with Gasteiger partial charge in [0.15, 0.2) is 0 Å². The van der Waals surface area contributed by atoms with Gasteiger partial charge in [-0.05, 0) is 55.0 Å². The van der Waals surface area contributed by atoms with Crippen LogP contribution in [0.2, 0.25) is 0 Å². The van der Waals surface area contributed by atoms with Crippen molar-refractivity contribution < 1.29 is 9.47 Å². The summed E-state index contributed by atoms with van der Waals surface area (Å²) in [5, 5.41) is 0. The number of hydrogen-bond donors (Lipinski definition) is 1. The van der Waals surface area contributed by atoms with E-state index in [0.717, 1.165) is 35.6 Å². The van der Waals surface area contributed by atoms with Crippen molar-refractivity contribution in [2.75, 3.05) is 18.9 Å². The maximum Gasteiger partial charge on any atom is 0.124 e. The molecular formula is C21H29NO2. The first-order valence-electron chi connectivity index (χ1n) is 8.59. The van der Waals surface area contributed by atoms with E-state index in [2.05, 4.69) is 32.9 Å². The van der Waals surface area contributed by atoms with Gasteiger partial charge in [-0.25, -0.2) is 0 Å². The molecule has 0 amide bonds. The fourth-order valence-corrected chi connectivity index (χ4v) is 2.42. The standard InChI is InChI=1S/C21H29NO2/c1-16-19(22)8-7-9-20(16)24-15-6-5-14-23-18-12-10-17(11-13-18)21(2,3)4/h7-13H,5-6,14-15,22H2,1-4H3. The Bertz CT molecular complexity index is 642. The zero-order valence-corrected chi connectivity index (χ0v) is 15.3. The Labute approximate surface area is 145 Å². The largest absolute Gasteiger partial charge is 0.494 e. The summed E-state index contributed by atoms with van der Waals surface area (Å²) in [5.74, 6) is 1.80. The molecule has 0 bridgehead atoms. The van der Waals surface area contributed by atoms with Crippen LogP contribution in [-0.2, 0) is 5.41 Å². The van der Waals surface area contributed by atoms with Crippen LogP contribution in [0.5, 0.6) is 11.5 Å². The van der Waals surface area contributed by atoms with Gasteiger partial charge in [-0.15, -0.1) is 0 Å². The van der Waals surface area contributed by atoms with Crippen LogP contribution in [0.4, 0.5) is 5.69 Å². The minimum Gasteiger partial charge on any atom is -0.494 e. The molecule has 0 unspecified atom stereocenters. The summed E-state index contributed by atoms with van der Waals surface area (Å²) in [7, 11) is 0. The van der Waals surface area contributed by atoms with Crippen LogP contribution in [0.1, 0.15) is 44.7 Å². The third kappa shape index (κ3) is 5.19.